The van der Waals surface area contributed by atoms with E-state index in [0.717, 1.165) is 30.5 Å². The van der Waals surface area contributed by atoms with Crippen LogP contribution in [-0.4, -0.2) is 34.1 Å². The Hall–Kier alpha value is -3.69. The molecule has 1 aromatic heterocycles. The van der Waals surface area contributed by atoms with Gasteiger partial charge in [0.2, 0.25) is 0 Å². The Kier molecular flexibility index (Phi) is 6.67. The molecule has 7 nitrogen and oxygen atoms in total. The summed E-state index contributed by atoms with van der Waals surface area (Å²) in [5, 5.41) is 2.69. The van der Waals surface area contributed by atoms with Crippen molar-refractivity contribution in [2.24, 2.45) is 0 Å². The van der Waals surface area contributed by atoms with Gasteiger partial charge < -0.3 is 14.6 Å². The highest BCUT2D eigenvalue weighted by Crippen LogP contribution is 2.31. The first kappa shape index (κ1) is 23.5. The Morgan fingerprint density at radius 3 is 2.53 bits per heavy atom. The molecule has 0 saturated heterocycles. The molecule has 178 valence electrons. The van der Waals surface area contributed by atoms with Gasteiger partial charge in [-0.3, -0.25) is 14.4 Å². The van der Waals surface area contributed by atoms with Gasteiger partial charge in [-0.2, -0.15) is 13.2 Å². The smallest absolute Gasteiger partial charge is 0.416 e. The van der Waals surface area contributed by atoms with Crippen LogP contribution in [0.5, 0.6) is 0 Å². The summed E-state index contributed by atoms with van der Waals surface area (Å²) in [6.45, 7) is -0.295. The van der Waals surface area contributed by atoms with E-state index in [9.17, 15) is 27.6 Å². The lowest BCUT2D eigenvalue weighted by atomic mass is 10.1. The van der Waals surface area contributed by atoms with Crippen molar-refractivity contribution in [1.82, 2.24) is 14.9 Å². The number of halogens is 3. The fraction of sp³-hybridized carbons (Fsp3) is 0.333. The Morgan fingerprint density at radius 1 is 1.12 bits per heavy atom. The number of carbonyl (C=O) groups is 2. The molecule has 1 N–H and O–H groups in total. The van der Waals surface area contributed by atoms with Gasteiger partial charge in [0.15, 0.2) is 6.61 Å². The van der Waals surface area contributed by atoms with E-state index in [1.165, 1.54) is 10.6 Å². The van der Waals surface area contributed by atoms with Gasteiger partial charge in [-0.25, -0.2) is 4.98 Å². The summed E-state index contributed by atoms with van der Waals surface area (Å²) in [6, 6.07) is 12.2. The van der Waals surface area contributed by atoms with Gasteiger partial charge in [-0.05, 0) is 36.6 Å². The number of aryl methyl sites for hydroxylation is 1. The topological polar surface area (TPSA) is 90.3 Å². The third kappa shape index (κ3) is 5.81. The molecule has 0 bridgehead atoms. The zero-order chi connectivity index (χ0) is 24.3. The predicted molar refractivity (Wildman–Crippen MR) is 117 cm³/mol. The first-order valence-electron chi connectivity index (χ1n) is 10.8. The average Bonchev–Trinajstić information content (AvgIpc) is 3.62. The number of hydrogen-bond donors (Lipinski definition) is 1. The van der Waals surface area contributed by atoms with Crippen molar-refractivity contribution >= 4 is 22.9 Å². The fourth-order valence-electron chi connectivity index (χ4n) is 3.50. The fourth-order valence-corrected chi connectivity index (χ4v) is 3.50. The van der Waals surface area contributed by atoms with Gasteiger partial charge in [0.1, 0.15) is 5.69 Å². The molecule has 4 rings (SSSR count). The lowest BCUT2D eigenvalue weighted by molar-refractivity contribution is -0.148. The summed E-state index contributed by atoms with van der Waals surface area (Å²) >= 11 is 0. The van der Waals surface area contributed by atoms with Crippen molar-refractivity contribution in [2.45, 2.75) is 44.4 Å². The van der Waals surface area contributed by atoms with Gasteiger partial charge in [-0.15, -0.1) is 0 Å². The van der Waals surface area contributed by atoms with Crippen LogP contribution in [0.2, 0.25) is 0 Å². The molecule has 1 saturated carbocycles. The van der Waals surface area contributed by atoms with Crippen LogP contribution in [-0.2, 0) is 33.5 Å². The third-order valence-electron chi connectivity index (χ3n) is 5.40. The molecule has 34 heavy (non-hydrogen) atoms. The van der Waals surface area contributed by atoms with Gasteiger partial charge in [-0.1, -0.05) is 30.3 Å². The summed E-state index contributed by atoms with van der Waals surface area (Å²) in [4.78, 5) is 41.0. The van der Waals surface area contributed by atoms with Gasteiger partial charge in [0.05, 0.1) is 29.6 Å². The Morgan fingerprint density at radius 2 is 1.85 bits per heavy atom. The monoisotopic (exact) mass is 473 g/mol. The molecule has 10 heteroatoms. The van der Waals surface area contributed by atoms with E-state index in [-0.39, 0.29) is 42.2 Å². The van der Waals surface area contributed by atoms with E-state index in [1.54, 1.807) is 24.3 Å². The number of amides is 1. The van der Waals surface area contributed by atoms with E-state index in [0.29, 0.717) is 0 Å². The molecule has 0 spiro atoms. The van der Waals surface area contributed by atoms with Crippen LogP contribution in [0.4, 0.5) is 13.2 Å². The van der Waals surface area contributed by atoms with Crippen molar-refractivity contribution < 1.29 is 27.5 Å². The summed E-state index contributed by atoms with van der Waals surface area (Å²) in [5.74, 6) is -1.10. The molecule has 0 radical (unpaired) electrons. The van der Waals surface area contributed by atoms with Crippen molar-refractivity contribution in [3.8, 4) is 0 Å². The van der Waals surface area contributed by atoms with Crippen LogP contribution in [0.1, 0.15) is 36.1 Å². The molecule has 0 aliphatic heterocycles. The van der Waals surface area contributed by atoms with E-state index >= 15 is 0 Å². The Balaban J connectivity index is 1.58. The number of ether oxygens (including phenoxy) is 1. The average molecular weight is 473 g/mol. The first-order valence-corrected chi connectivity index (χ1v) is 10.8. The van der Waals surface area contributed by atoms with E-state index < -0.39 is 35.8 Å². The largest absolute Gasteiger partial charge is 0.456 e. The van der Waals surface area contributed by atoms with E-state index in [1.807, 2.05) is 6.07 Å². The van der Waals surface area contributed by atoms with Crippen molar-refractivity contribution in [2.75, 3.05) is 6.61 Å². The zero-order valence-corrected chi connectivity index (χ0v) is 18.1. The molecule has 0 unspecified atom stereocenters. The van der Waals surface area contributed by atoms with Crippen LogP contribution in [0.25, 0.3) is 11.0 Å². The molecule has 1 fully saturated rings. The molecule has 3 aromatic rings. The van der Waals surface area contributed by atoms with E-state index in [2.05, 4.69) is 10.3 Å². The number of rotatable bonds is 8. The molecule has 1 aliphatic rings. The Labute approximate surface area is 192 Å². The maximum Gasteiger partial charge on any atom is 0.416 e. The number of fused-ring (bicyclic) bond motifs is 1. The normalized spacial score (nSPS) is 13.6. The number of esters is 1. The summed E-state index contributed by atoms with van der Waals surface area (Å²) < 4.78 is 46.0. The van der Waals surface area contributed by atoms with Gasteiger partial charge in [0, 0.05) is 12.5 Å². The van der Waals surface area contributed by atoms with Gasteiger partial charge in [0.25, 0.3) is 11.5 Å². The number of carbonyl (C=O) groups excluding carboxylic acids is 2. The minimum Gasteiger partial charge on any atom is -0.456 e. The number of alkyl halides is 3. The minimum absolute atomic E-state index is 0.00228. The maximum atomic E-state index is 13.2. The SMILES string of the molecule is O=C(COC(=O)CCc1nc2cc(C(F)(F)F)ccc2n(Cc2ccccc2)c1=O)NC1CC1. The van der Waals surface area contributed by atoms with Crippen LogP contribution in [0.3, 0.4) is 0 Å². The van der Waals surface area contributed by atoms with Crippen LogP contribution in [0, 0.1) is 0 Å². The Bertz CT molecular complexity index is 1270. The number of aromatic nitrogens is 2. The number of nitrogens with one attached hydrogen (secondary N) is 1. The third-order valence-corrected chi connectivity index (χ3v) is 5.40. The zero-order valence-electron chi connectivity index (χ0n) is 18.1. The van der Waals surface area contributed by atoms with Gasteiger partial charge >= 0.3 is 12.1 Å². The minimum atomic E-state index is -4.57. The van der Waals surface area contributed by atoms with Crippen LogP contribution < -0.4 is 10.9 Å². The summed E-state index contributed by atoms with van der Waals surface area (Å²) in [5.41, 5.74) is -0.409. The number of hydrogen-bond acceptors (Lipinski definition) is 5. The number of nitrogens with zero attached hydrogens (tertiary/aromatic N) is 2. The molecule has 1 heterocycles. The predicted octanol–water partition coefficient (Wildman–Crippen LogP) is 3.22. The molecule has 1 aliphatic carbocycles. The molecular weight excluding hydrogens is 451 g/mol. The molecule has 0 atom stereocenters. The van der Waals surface area contributed by atoms with Crippen molar-refractivity contribution in [3.05, 3.63) is 75.7 Å². The second-order valence-electron chi connectivity index (χ2n) is 8.14. The van der Waals surface area contributed by atoms with Crippen molar-refractivity contribution in [1.29, 1.82) is 0 Å². The molecule has 1 amide bonds. The standard InChI is InChI=1S/C24H22F3N3O4/c25-24(26,27)16-6-10-20-19(12-16)29-18(23(33)30(20)13-15-4-2-1-3-5-15)9-11-22(32)34-14-21(31)28-17-7-8-17/h1-6,10,12,17H,7-9,11,13-14H2,(H,28,31). The highest BCUT2D eigenvalue weighted by Gasteiger charge is 2.31. The van der Waals surface area contributed by atoms with Crippen molar-refractivity contribution in [3.63, 3.8) is 0 Å². The second kappa shape index (κ2) is 9.66. The van der Waals surface area contributed by atoms with Crippen LogP contribution >= 0.6 is 0 Å². The first-order chi connectivity index (χ1) is 16.2. The summed E-state index contributed by atoms with van der Waals surface area (Å²) in [6.07, 6.45) is -3.14. The van der Waals surface area contributed by atoms with Crippen LogP contribution in [0.15, 0.2) is 53.3 Å². The lowest BCUT2D eigenvalue weighted by Gasteiger charge is -2.14. The van der Waals surface area contributed by atoms with E-state index in [4.69, 9.17) is 4.74 Å². The second-order valence-corrected chi connectivity index (χ2v) is 8.14. The highest BCUT2D eigenvalue weighted by molar-refractivity contribution is 5.81. The molecular formula is C24H22F3N3O4. The summed E-state index contributed by atoms with van der Waals surface area (Å²) in [7, 11) is 0. The highest BCUT2D eigenvalue weighted by atomic mass is 19.4. The quantitative estimate of drug-likeness (QED) is 0.508. The lowest BCUT2D eigenvalue weighted by Crippen LogP contribution is -2.30. The molecule has 2 aromatic carbocycles. The number of benzene rings is 2. The maximum absolute atomic E-state index is 13.2.